The van der Waals surface area contributed by atoms with Gasteiger partial charge in [0, 0.05) is 5.69 Å². The van der Waals surface area contributed by atoms with Crippen LogP contribution in [0.2, 0.25) is 0 Å². The fourth-order valence-corrected chi connectivity index (χ4v) is 5.49. The van der Waals surface area contributed by atoms with E-state index < -0.39 is 5.82 Å². The van der Waals surface area contributed by atoms with E-state index in [1.807, 2.05) is 42.9 Å². The van der Waals surface area contributed by atoms with Crippen molar-refractivity contribution in [3.05, 3.63) is 65.4 Å². The highest BCUT2D eigenvalue weighted by molar-refractivity contribution is 7.12. The van der Waals surface area contributed by atoms with Crippen LogP contribution in [0.5, 0.6) is 5.75 Å². The zero-order valence-electron chi connectivity index (χ0n) is 23.5. The molecule has 1 amide bonds. The Kier molecular flexibility index (Phi) is 15.8. The van der Waals surface area contributed by atoms with Gasteiger partial charge in [-0.2, -0.15) is 4.57 Å². The maximum absolute atomic E-state index is 14.6. The van der Waals surface area contributed by atoms with Crippen LogP contribution < -0.4 is 27.0 Å². The molecule has 0 atom stereocenters. The van der Waals surface area contributed by atoms with Crippen molar-refractivity contribution in [2.24, 2.45) is 7.05 Å². The van der Waals surface area contributed by atoms with Crippen molar-refractivity contribution >= 4 is 22.9 Å². The third kappa shape index (κ3) is 12.1. The van der Waals surface area contributed by atoms with Crippen LogP contribution in [0.3, 0.4) is 0 Å². The number of nitrogens with zero attached hydrogens (tertiary/aromatic N) is 1. The van der Waals surface area contributed by atoms with Crippen LogP contribution in [-0.2, 0) is 18.3 Å². The molecule has 3 rings (SSSR count). The number of aromatic nitrogens is 1. The van der Waals surface area contributed by atoms with E-state index in [4.69, 9.17) is 4.74 Å². The lowest BCUT2D eigenvalue weighted by atomic mass is 10.1. The van der Waals surface area contributed by atoms with Gasteiger partial charge in [-0.15, -0.1) is 0 Å². The average molecular weight is 575 g/mol. The Hall–Kier alpha value is -2.44. The summed E-state index contributed by atoms with van der Waals surface area (Å²) in [5.74, 6) is -0.336. The lowest BCUT2D eigenvalue weighted by Crippen LogP contribution is -3.00. The lowest BCUT2D eigenvalue weighted by molar-refractivity contribution is -0.655. The topological polar surface area (TPSA) is 42.2 Å². The number of rotatable bonds is 18. The number of ether oxygens (including phenoxy) is 1. The Morgan fingerprint density at radius 3 is 2.21 bits per heavy atom. The first-order valence-electron chi connectivity index (χ1n) is 14.3. The van der Waals surface area contributed by atoms with Crippen LogP contribution in [0, 0.1) is 5.82 Å². The molecule has 7 heteroatoms. The number of unbranched alkanes of at least 4 members (excludes halogenated alkanes) is 11. The average Bonchev–Trinajstić information content (AvgIpc) is 3.34. The molecule has 4 nitrogen and oxygen atoms in total. The first-order chi connectivity index (χ1) is 18.6. The lowest BCUT2D eigenvalue weighted by Gasteiger charge is -2.10. The molecule has 0 aliphatic heterocycles. The second kappa shape index (κ2) is 18.8. The second-order valence-electron chi connectivity index (χ2n) is 10.1. The summed E-state index contributed by atoms with van der Waals surface area (Å²) in [4.78, 5) is 12.6. The van der Waals surface area contributed by atoms with Gasteiger partial charge >= 0.3 is 0 Å². The Morgan fingerprint density at radius 2 is 1.59 bits per heavy atom. The Morgan fingerprint density at radius 1 is 0.923 bits per heavy atom. The first kappa shape index (κ1) is 32.8. The molecule has 0 saturated carbocycles. The summed E-state index contributed by atoms with van der Waals surface area (Å²) in [6.07, 6.45) is 17.5. The largest absolute Gasteiger partial charge is 1.00 e. The summed E-state index contributed by atoms with van der Waals surface area (Å²) in [6, 6.07) is 12.6. The molecule has 39 heavy (non-hydrogen) atoms. The van der Waals surface area contributed by atoms with E-state index in [0.29, 0.717) is 12.2 Å². The molecule has 0 saturated heterocycles. The van der Waals surface area contributed by atoms with Gasteiger partial charge in [0.1, 0.15) is 7.05 Å². The first-order valence-corrected chi connectivity index (χ1v) is 15.2. The standard InChI is InChI=1S/C32H43FN2O2S.ClH/c1-3-4-5-6-7-8-9-10-11-12-13-14-21-37-30-19-18-26(23-29(30)33)24-31(36)34-28-17-15-16-27(25-28)32-35(2)20-22-38-32;/h15-20,22-23,25H,3-14,21,24H2,1-2H3;1H. The minimum absolute atomic E-state index is 0. The number of benzene rings is 2. The van der Waals surface area contributed by atoms with E-state index in [2.05, 4.69) is 16.8 Å². The van der Waals surface area contributed by atoms with Gasteiger partial charge in [-0.05, 0) is 42.3 Å². The molecule has 0 radical (unpaired) electrons. The summed E-state index contributed by atoms with van der Waals surface area (Å²) in [5, 5.41) is 6.07. The summed E-state index contributed by atoms with van der Waals surface area (Å²) >= 11 is 1.65. The molecule has 0 aliphatic rings. The van der Waals surface area contributed by atoms with E-state index >= 15 is 0 Å². The minimum atomic E-state index is -0.415. The highest BCUT2D eigenvalue weighted by Gasteiger charge is 2.13. The van der Waals surface area contributed by atoms with E-state index in [0.717, 1.165) is 29.1 Å². The second-order valence-corrected chi connectivity index (χ2v) is 11.0. The van der Waals surface area contributed by atoms with Gasteiger partial charge in [0.2, 0.25) is 5.91 Å². The number of halogens is 2. The van der Waals surface area contributed by atoms with Gasteiger partial charge in [0.25, 0.3) is 5.01 Å². The van der Waals surface area contributed by atoms with Gasteiger partial charge in [-0.3, -0.25) is 4.79 Å². The van der Waals surface area contributed by atoms with Crippen molar-refractivity contribution in [1.29, 1.82) is 0 Å². The highest BCUT2D eigenvalue weighted by atomic mass is 35.5. The van der Waals surface area contributed by atoms with Crippen LogP contribution in [-0.4, -0.2) is 12.5 Å². The highest BCUT2D eigenvalue weighted by Crippen LogP contribution is 2.24. The number of aryl methyl sites for hydroxylation is 1. The summed E-state index contributed by atoms with van der Waals surface area (Å²) in [5.41, 5.74) is 2.39. The normalized spacial score (nSPS) is 10.7. The molecule has 1 aromatic heterocycles. The molecular formula is C32H44ClFN2O2S. The number of hydrogen-bond donors (Lipinski definition) is 1. The Balaban J connectivity index is 0.00000533. The summed E-state index contributed by atoms with van der Waals surface area (Å²) in [7, 11) is 2.00. The molecule has 214 valence electrons. The zero-order chi connectivity index (χ0) is 27.0. The molecular weight excluding hydrogens is 531 g/mol. The third-order valence-corrected chi connectivity index (χ3v) is 7.80. The van der Waals surface area contributed by atoms with E-state index in [1.165, 1.54) is 70.3 Å². The van der Waals surface area contributed by atoms with Gasteiger partial charge in [-0.1, -0.05) is 101 Å². The van der Waals surface area contributed by atoms with E-state index in [1.54, 1.807) is 23.5 Å². The number of carbonyl (C=O) groups is 1. The summed E-state index contributed by atoms with van der Waals surface area (Å²) in [6.45, 7) is 2.78. The van der Waals surface area contributed by atoms with Gasteiger partial charge in [0.15, 0.2) is 17.8 Å². The number of hydrogen-bond acceptors (Lipinski definition) is 3. The van der Waals surface area contributed by atoms with Crippen molar-refractivity contribution in [3.63, 3.8) is 0 Å². The van der Waals surface area contributed by atoms with Crippen molar-refractivity contribution in [1.82, 2.24) is 0 Å². The Labute approximate surface area is 244 Å². The van der Waals surface area contributed by atoms with Gasteiger partial charge in [0.05, 0.1) is 24.0 Å². The van der Waals surface area contributed by atoms with Gasteiger partial charge in [-0.25, -0.2) is 4.39 Å². The van der Waals surface area contributed by atoms with Crippen LogP contribution in [0.1, 0.15) is 89.5 Å². The van der Waals surface area contributed by atoms with Gasteiger partial charge < -0.3 is 22.5 Å². The van der Waals surface area contributed by atoms with Crippen LogP contribution >= 0.6 is 11.3 Å². The molecule has 0 fully saturated rings. The predicted octanol–water partition coefficient (Wildman–Crippen LogP) is 5.64. The molecule has 3 aromatic rings. The number of amides is 1. The quantitative estimate of drug-likeness (QED) is 0.158. The van der Waals surface area contributed by atoms with Crippen molar-refractivity contribution in [2.75, 3.05) is 11.9 Å². The van der Waals surface area contributed by atoms with Crippen LogP contribution in [0.4, 0.5) is 10.1 Å². The predicted molar refractivity (Wildman–Crippen MR) is 156 cm³/mol. The molecule has 0 bridgehead atoms. The molecule has 2 aromatic carbocycles. The van der Waals surface area contributed by atoms with Crippen molar-refractivity contribution in [3.8, 4) is 16.3 Å². The number of carbonyl (C=O) groups excluding carboxylic acids is 1. The van der Waals surface area contributed by atoms with Crippen LogP contribution in [0.15, 0.2) is 54.0 Å². The Bertz CT molecular complexity index is 1120. The SMILES string of the molecule is CCCCCCCCCCCCCCOc1ccc(CC(=O)Nc2cccc(-c3scc[n+]3C)c2)cc1F.[Cl-]. The number of thiazole rings is 1. The summed E-state index contributed by atoms with van der Waals surface area (Å²) < 4.78 is 22.3. The van der Waals surface area contributed by atoms with Crippen molar-refractivity contribution < 1.29 is 30.9 Å². The molecule has 1 N–H and O–H groups in total. The monoisotopic (exact) mass is 574 g/mol. The van der Waals surface area contributed by atoms with E-state index in [9.17, 15) is 9.18 Å². The van der Waals surface area contributed by atoms with Crippen LogP contribution in [0.25, 0.3) is 10.6 Å². The third-order valence-electron chi connectivity index (χ3n) is 6.79. The molecule has 0 unspecified atom stereocenters. The molecule has 0 aliphatic carbocycles. The van der Waals surface area contributed by atoms with Crippen molar-refractivity contribution in [2.45, 2.75) is 90.4 Å². The molecule has 1 heterocycles. The smallest absolute Gasteiger partial charge is 0.268 e. The number of anilines is 1. The van der Waals surface area contributed by atoms with E-state index in [-0.39, 0.29) is 30.5 Å². The zero-order valence-corrected chi connectivity index (χ0v) is 25.1. The number of nitrogens with one attached hydrogen (secondary N) is 1. The fraction of sp³-hybridized carbons (Fsp3) is 0.500. The minimum Gasteiger partial charge on any atom is -1.00 e. The maximum Gasteiger partial charge on any atom is 0.268 e. The maximum atomic E-state index is 14.6. The fourth-order valence-electron chi connectivity index (χ4n) is 4.63. The molecule has 0 spiro atoms.